The van der Waals surface area contributed by atoms with E-state index in [2.05, 4.69) is 118 Å². The normalized spacial score (nSPS) is 12.9. The van der Waals surface area contributed by atoms with E-state index >= 15 is 0 Å². The summed E-state index contributed by atoms with van der Waals surface area (Å²) >= 11 is 0. The molecule has 61 heavy (non-hydrogen) atoms. The zero-order valence-electron chi connectivity index (χ0n) is 39.4. The van der Waals surface area contributed by atoms with Crippen LogP contribution in [0, 0.1) is 0 Å². The molecule has 0 heterocycles. The molecule has 0 aromatic heterocycles. The molecule has 0 aliphatic heterocycles. The zero-order valence-corrected chi connectivity index (χ0v) is 39.4. The molecule has 346 valence electrons. The van der Waals surface area contributed by atoms with Gasteiger partial charge in [-0.15, -0.1) is 0 Å². The fourth-order valence-corrected chi connectivity index (χ4v) is 6.31. The molecule has 0 amide bonds. The number of hydrogen-bond acceptors (Lipinski definition) is 6. The first-order chi connectivity index (χ1) is 30.0. The first-order valence-corrected chi connectivity index (χ1v) is 24.7. The Morgan fingerprint density at radius 3 is 1.08 bits per heavy atom. The van der Waals surface area contributed by atoms with Crippen molar-refractivity contribution in [3.05, 3.63) is 97.2 Å². The number of hydrogen-bond donors (Lipinski definition) is 0. The molecule has 0 bridgehead atoms. The first-order valence-electron chi connectivity index (χ1n) is 24.7. The van der Waals surface area contributed by atoms with E-state index < -0.39 is 6.10 Å². The first kappa shape index (κ1) is 57.3. The van der Waals surface area contributed by atoms with E-state index in [1.54, 1.807) is 0 Å². The van der Waals surface area contributed by atoms with Gasteiger partial charge in [-0.2, -0.15) is 0 Å². The smallest absolute Gasteiger partial charge is 0.306 e. The van der Waals surface area contributed by atoms with Gasteiger partial charge >= 0.3 is 17.9 Å². The van der Waals surface area contributed by atoms with Crippen LogP contribution in [0.25, 0.3) is 0 Å². The lowest BCUT2D eigenvalue weighted by Crippen LogP contribution is -2.30. The number of carbonyl (C=O) groups excluding carboxylic acids is 3. The van der Waals surface area contributed by atoms with Crippen LogP contribution in [-0.2, 0) is 28.6 Å². The number of carbonyl (C=O) groups is 3. The SMILES string of the molecule is CC/C=C\C/C=C\C/C=C\C/C=C\CCCCC(=O)OC[C@H](COC(=O)CCCC/C=C\C/C=C\C/C=C\CCCCC)OC(=O)CCCCCCC/C=C\CCCCCC. The Bertz CT molecular complexity index is 1250. The highest BCUT2D eigenvalue weighted by atomic mass is 16.6. The average molecular weight is 847 g/mol. The van der Waals surface area contributed by atoms with Crippen LogP contribution < -0.4 is 0 Å². The van der Waals surface area contributed by atoms with Crippen molar-refractivity contribution >= 4 is 17.9 Å². The van der Waals surface area contributed by atoms with Crippen LogP contribution in [0.3, 0.4) is 0 Å². The lowest BCUT2D eigenvalue weighted by Gasteiger charge is -2.18. The molecule has 0 radical (unpaired) electrons. The second-order valence-electron chi connectivity index (χ2n) is 16.0. The van der Waals surface area contributed by atoms with Gasteiger partial charge in [-0.3, -0.25) is 14.4 Å². The summed E-state index contributed by atoms with van der Waals surface area (Å²) in [5.74, 6) is -1.01. The van der Waals surface area contributed by atoms with E-state index in [0.717, 1.165) is 103 Å². The van der Waals surface area contributed by atoms with E-state index in [9.17, 15) is 14.4 Å². The van der Waals surface area contributed by atoms with Gasteiger partial charge in [0.1, 0.15) is 13.2 Å². The van der Waals surface area contributed by atoms with E-state index in [4.69, 9.17) is 14.2 Å². The molecule has 6 nitrogen and oxygen atoms in total. The predicted octanol–water partition coefficient (Wildman–Crippen LogP) is 16.2. The zero-order chi connectivity index (χ0) is 44.4. The number of unbranched alkanes of at least 4 members (excludes halogenated alkanes) is 16. The van der Waals surface area contributed by atoms with Gasteiger partial charge in [-0.25, -0.2) is 0 Å². The quantitative estimate of drug-likeness (QED) is 0.0263. The summed E-state index contributed by atoms with van der Waals surface area (Å²) in [6.07, 6.45) is 63.9. The standard InChI is InChI=1S/C55H90O6/c1-4-7-10-13-16-19-22-25-27-30-32-35-38-41-44-47-53(56)59-50-52(61-55(58)49-46-43-40-37-34-29-24-21-18-15-12-9-6-3)51-60-54(57)48-45-42-39-36-33-31-28-26-23-20-17-14-11-8-5-2/h7,10,16-17,19-21,24-28,32-33,35-36,52H,4-6,8-9,11-15,18,22-23,29-31,34,37-51H2,1-3H3/b10-7-,19-16-,20-17-,24-21-,27-25-,28-26-,35-32-,36-33-/t52-/m1/s1. The second kappa shape index (κ2) is 49.0. The largest absolute Gasteiger partial charge is 0.462 e. The maximum atomic E-state index is 12.8. The predicted molar refractivity (Wildman–Crippen MR) is 260 cm³/mol. The third kappa shape index (κ3) is 47.2. The highest BCUT2D eigenvalue weighted by Crippen LogP contribution is 2.12. The maximum Gasteiger partial charge on any atom is 0.306 e. The van der Waals surface area contributed by atoms with Crippen LogP contribution in [0.5, 0.6) is 0 Å². The van der Waals surface area contributed by atoms with Crippen molar-refractivity contribution < 1.29 is 28.6 Å². The van der Waals surface area contributed by atoms with Gasteiger partial charge in [0, 0.05) is 19.3 Å². The van der Waals surface area contributed by atoms with E-state index in [1.165, 1.54) is 64.2 Å². The molecule has 0 saturated heterocycles. The Labute approximate surface area is 375 Å². The molecule has 0 unspecified atom stereocenters. The Balaban J connectivity index is 4.54. The summed E-state index contributed by atoms with van der Waals surface area (Å²) in [7, 11) is 0. The van der Waals surface area contributed by atoms with Crippen LogP contribution >= 0.6 is 0 Å². The maximum absolute atomic E-state index is 12.8. The van der Waals surface area contributed by atoms with E-state index in [1.807, 2.05) is 0 Å². The Kier molecular flexibility index (Phi) is 46.0. The number of rotatable bonds is 43. The van der Waals surface area contributed by atoms with Crippen molar-refractivity contribution in [1.82, 2.24) is 0 Å². The van der Waals surface area contributed by atoms with Crippen LogP contribution in [0.15, 0.2) is 97.2 Å². The molecule has 0 N–H and O–H groups in total. The third-order valence-electron chi connectivity index (χ3n) is 10.0. The van der Waals surface area contributed by atoms with Crippen molar-refractivity contribution in [1.29, 1.82) is 0 Å². The van der Waals surface area contributed by atoms with E-state index in [0.29, 0.717) is 25.7 Å². The number of ether oxygens (including phenoxy) is 3. The van der Waals surface area contributed by atoms with Gasteiger partial charge in [-0.1, -0.05) is 169 Å². The molecule has 0 aliphatic carbocycles. The summed E-state index contributed by atoms with van der Waals surface area (Å²) in [6, 6.07) is 0. The van der Waals surface area contributed by atoms with Crippen LogP contribution in [0.1, 0.15) is 213 Å². The van der Waals surface area contributed by atoms with Crippen LogP contribution in [0.4, 0.5) is 0 Å². The molecule has 0 rings (SSSR count). The summed E-state index contributed by atoms with van der Waals surface area (Å²) in [4.78, 5) is 37.9. The lowest BCUT2D eigenvalue weighted by molar-refractivity contribution is -0.167. The van der Waals surface area contributed by atoms with Gasteiger partial charge in [-0.05, 0) is 122 Å². The number of esters is 3. The summed E-state index contributed by atoms with van der Waals surface area (Å²) in [6.45, 7) is 6.38. The molecule has 0 spiro atoms. The van der Waals surface area contributed by atoms with E-state index in [-0.39, 0.29) is 31.1 Å². The van der Waals surface area contributed by atoms with Gasteiger partial charge in [0.25, 0.3) is 0 Å². The molecule has 0 fully saturated rings. The van der Waals surface area contributed by atoms with Crippen molar-refractivity contribution in [2.45, 2.75) is 219 Å². The minimum atomic E-state index is -0.814. The summed E-state index contributed by atoms with van der Waals surface area (Å²) in [5.41, 5.74) is 0. The Morgan fingerprint density at radius 1 is 0.344 bits per heavy atom. The molecule has 1 atom stereocenters. The highest BCUT2D eigenvalue weighted by molar-refractivity contribution is 5.71. The molecule has 0 aliphatic rings. The van der Waals surface area contributed by atoms with Crippen molar-refractivity contribution in [2.75, 3.05) is 13.2 Å². The third-order valence-corrected chi connectivity index (χ3v) is 10.0. The van der Waals surface area contributed by atoms with Gasteiger partial charge in [0.15, 0.2) is 6.10 Å². The van der Waals surface area contributed by atoms with Gasteiger partial charge in [0.2, 0.25) is 0 Å². The van der Waals surface area contributed by atoms with Gasteiger partial charge < -0.3 is 14.2 Å². The molecule has 0 saturated carbocycles. The fourth-order valence-electron chi connectivity index (χ4n) is 6.31. The number of allylic oxidation sites excluding steroid dienone is 16. The topological polar surface area (TPSA) is 78.9 Å². The summed E-state index contributed by atoms with van der Waals surface area (Å²) < 4.78 is 16.7. The molecule has 0 aromatic carbocycles. The van der Waals surface area contributed by atoms with Gasteiger partial charge in [0.05, 0.1) is 0 Å². The van der Waals surface area contributed by atoms with Crippen LogP contribution in [-0.4, -0.2) is 37.2 Å². The van der Waals surface area contributed by atoms with Crippen molar-refractivity contribution in [3.8, 4) is 0 Å². The fraction of sp³-hybridized carbons (Fsp3) is 0.655. The molecular weight excluding hydrogens is 757 g/mol. The molecule has 6 heteroatoms. The Morgan fingerprint density at radius 2 is 0.639 bits per heavy atom. The average Bonchev–Trinajstić information content (AvgIpc) is 3.26. The Hall–Kier alpha value is -3.67. The molecular formula is C55H90O6. The highest BCUT2D eigenvalue weighted by Gasteiger charge is 2.19. The lowest BCUT2D eigenvalue weighted by atomic mass is 10.1. The minimum Gasteiger partial charge on any atom is -0.462 e. The second-order valence-corrected chi connectivity index (χ2v) is 16.0. The van der Waals surface area contributed by atoms with Crippen molar-refractivity contribution in [2.24, 2.45) is 0 Å². The summed E-state index contributed by atoms with van der Waals surface area (Å²) in [5, 5.41) is 0. The minimum absolute atomic E-state index is 0.115. The van der Waals surface area contributed by atoms with Crippen molar-refractivity contribution in [3.63, 3.8) is 0 Å². The monoisotopic (exact) mass is 847 g/mol. The van der Waals surface area contributed by atoms with Crippen LogP contribution in [0.2, 0.25) is 0 Å². The molecule has 0 aromatic rings.